The van der Waals surface area contributed by atoms with Crippen molar-refractivity contribution < 1.29 is 4.79 Å². The van der Waals surface area contributed by atoms with Crippen LogP contribution >= 0.6 is 11.3 Å². The lowest BCUT2D eigenvalue weighted by atomic mass is 9.96. The normalized spacial score (nSPS) is 12.7. The fraction of sp³-hybridized carbons (Fsp3) is 0.429. The smallest absolute Gasteiger partial charge is 0.267 e. The van der Waals surface area contributed by atoms with E-state index in [0.29, 0.717) is 18.1 Å². The van der Waals surface area contributed by atoms with Crippen molar-refractivity contribution in [3.05, 3.63) is 22.5 Å². The van der Waals surface area contributed by atoms with Crippen molar-refractivity contribution in [2.24, 2.45) is 5.73 Å². The Balaban J connectivity index is 2.23. The predicted octanol–water partition coefficient (Wildman–Crippen LogP) is 1.64. The number of nitrogens with zero attached hydrogens (tertiary/aromatic N) is 4. The Kier molecular flexibility index (Phi) is 3.59. The second kappa shape index (κ2) is 5.40. The van der Waals surface area contributed by atoms with Crippen LogP contribution in [0, 0.1) is 0 Å². The molecule has 1 amide bonds. The van der Waals surface area contributed by atoms with Gasteiger partial charge in [-0.25, -0.2) is 15.0 Å². The summed E-state index contributed by atoms with van der Waals surface area (Å²) in [6.07, 6.45) is 1.52. The molecule has 1 aliphatic carbocycles. The van der Waals surface area contributed by atoms with Gasteiger partial charge in [0.2, 0.25) is 5.95 Å². The third kappa shape index (κ3) is 2.27. The summed E-state index contributed by atoms with van der Waals surface area (Å²) in [4.78, 5) is 28.3. The van der Waals surface area contributed by atoms with Crippen LogP contribution in [-0.4, -0.2) is 33.9 Å². The maximum absolute atomic E-state index is 11.8. The second-order valence-electron chi connectivity index (χ2n) is 4.86. The number of thiazole rings is 1. The highest BCUT2D eigenvalue weighted by Gasteiger charge is 2.27. The standard InChI is InChI=1S/C14H17N5OS/c1-3-19(4-2)14-17-10-8(11(18-14)13(15)20)5-6-9-12(10)21-7-16-9/h7H,3-6H2,1-2H3,(H2,15,20). The summed E-state index contributed by atoms with van der Waals surface area (Å²) in [5, 5.41) is 0. The summed E-state index contributed by atoms with van der Waals surface area (Å²) >= 11 is 1.55. The van der Waals surface area contributed by atoms with E-state index in [1.807, 2.05) is 24.3 Å². The molecule has 2 heterocycles. The monoisotopic (exact) mass is 303 g/mol. The number of carbonyl (C=O) groups excluding carboxylic acids is 1. The third-order valence-corrected chi connectivity index (χ3v) is 4.62. The molecule has 0 spiro atoms. The topological polar surface area (TPSA) is 85.0 Å². The SMILES string of the molecule is CCN(CC)c1nc(C(N)=O)c2c(n1)-c1scnc1CC2. The van der Waals surface area contributed by atoms with E-state index >= 15 is 0 Å². The van der Waals surface area contributed by atoms with Gasteiger partial charge in [0.05, 0.1) is 21.8 Å². The van der Waals surface area contributed by atoms with Crippen molar-refractivity contribution >= 4 is 23.2 Å². The van der Waals surface area contributed by atoms with Crippen LogP contribution in [0.5, 0.6) is 0 Å². The highest BCUT2D eigenvalue weighted by atomic mass is 32.1. The van der Waals surface area contributed by atoms with Gasteiger partial charge in [0.15, 0.2) is 0 Å². The first-order chi connectivity index (χ1) is 10.2. The number of hydrogen-bond donors (Lipinski definition) is 1. The number of aryl methyl sites for hydroxylation is 1. The average Bonchev–Trinajstić information content (AvgIpc) is 2.96. The lowest BCUT2D eigenvalue weighted by Crippen LogP contribution is -2.28. The molecule has 0 aromatic carbocycles. The van der Waals surface area contributed by atoms with E-state index in [1.54, 1.807) is 11.3 Å². The molecule has 0 atom stereocenters. The molecule has 7 heteroatoms. The molecule has 0 unspecified atom stereocenters. The van der Waals surface area contributed by atoms with Gasteiger partial charge in [0.25, 0.3) is 5.91 Å². The van der Waals surface area contributed by atoms with Crippen LogP contribution in [0.25, 0.3) is 10.6 Å². The second-order valence-corrected chi connectivity index (χ2v) is 5.72. The zero-order valence-corrected chi connectivity index (χ0v) is 12.9. The van der Waals surface area contributed by atoms with E-state index in [4.69, 9.17) is 5.73 Å². The van der Waals surface area contributed by atoms with Gasteiger partial charge >= 0.3 is 0 Å². The lowest BCUT2D eigenvalue weighted by molar-refractivity contribution is 0.0994. The van der Waals surface area contributed by atoms with Crippen molar-refractivity contribution in [3.63, 3.8) is 0 Å². The Labute approximate surface area is 127 Å². The van der Waals surface area contributed by atoms with E-state index in [-0.39, 0.29) is 0 Å². The molecular weight excluding hydrogens is 286 g/mol. The fourth-order valence-electron chi connectivity index (χ4n) is 2.63. The van der Waals surface area contributed by atoms with Crippen LogP contribution in [0.3, 0.4) is 0 Å². The number of anilines is 1. The van der Waals surface area contributed by atoms with E-state index in [0.717, 1.165) is 41.3 Å². The fourth-order valence-corrected chi connectivity index (χ4v) is 3.49. The number of hydrogen-bond acceptors (Lipinski definition) is 6. The number of rotatable bonds is 4. The van der Waals surface area contributed by atoms with Gasteiger partial charge in [0.1, 0.15) is 5.69 Å². The molecule has 0 saturated carbocycles. The highest BCUT2D eigenvalue weighted by Crippen LogP contribution is 2.36. The first-order valence-corrected chi connectivity index (χ1v) is 7.92. The number of fused-ring (bicyclic) bond motifs is 3. The summed E-state index contributed by atoms with van der Waals surface area (Å²) in [7, 11) is 0. The van der Waals surface area contributed by atoms with Gasteiger partial charge in [-0.15, -0.1) is 11.3 Å². The minimum Gasteiger partial charge on any atom is -0.364 e. The molecule has 0 fully saturated rings. The van der Waals surface area contributed by atoms with Crippen molar-refractivity contribution in [1.82, 2.24) is 15.0 Å². The molecule has 0 saturated heterocycles. The van der Waals surface area contributed by atoms with Crippen LogP contribution in [-0.2, 0) is 12.8 Å². The Hall–Kier alpha value is -2.02. The summed E-state index contributed by atoms with van der Waals surface area (Å²) in [5.41, 5.74) is 10.4. The van der Waals surface area contributed by atoms with Crippen molar-refractivity contribution in [2.45, 2.75) is 26.7 Å². The summed E-state index contributed by atoms with van der Waals surface area (Å²) < 4.78 is 0. The Morgan fingerprint density at radius 1 is 1.33 bits per heavy atom. The van der Waals surface area contributed by atoms with Crippen LogP contribution in [0.1, 0.15) is 35.6 Å². The average molecular weight is 303 g/mol. The molecule has 0 radical (unpaired) electrons. The first kappa shape index (κ1) is 13.9. The van der Waals surface area contributed by atoms with Crippen molar-refractivity contribution in [3.8, 4) is 10.6 Å². The molecule has 0 bridgehead atoms. The Bertz CT molecular complexity index is 693. The Morgan fingerprint density at radius 2 is 2.10 bits per heavy atom. The number of nitrogens with two attached hydrogens (primary N) is 1. The minimum absolute atomic E-state index is 0.348. The van der Waals surface area contributed by atoms with Gasteiger partial charge < -0.3 is 10.6 Å². The third-order valence-electron chi connectivity index (χ3n) is 3.74. The molecular formula is C14H17N5OS. The molecule has 3 rings (SSSR count). The van der Waals surface area contributed by atoms with E-state index < -0.39 is 5.91 Å². The zero-order valence-electron chi connectivity index (χ0n) is 12.1. The molecule has 2 aromatic heterocycles. The number of primary amides is 1. The number of amides is 1. The lowest BCUT2D eigenvalue weighted by Gasteiger charge is -2.23. The first-order valence-electron chi connectivity index (χ1n) is 7.04. The molecule has 6 nitrogen and oxygen atoms in total. The molecule has 1 aliphatic rings. The molecule has 110 valence electrons. The van der Waals surface area contributed by atoms with Crippen LogP contribution in [0.15, 0.2) is 5.51 Å². The van der Waals surface area contributed by atoms with E-state index in [9.17, 15) is 4.79 Å². The minimum atomic E-state index is -0.491. The van der Waals surface area contributed by atoms with Gasteiger partial charge in [-0.3, -0.25) is 4.79 Å². The van der Waals surface area contributed by atoms with Gasteiger partial charge in [-0.05, 0) is 26.7 Å². The summed E-state index contributed by atoms with van der Waals surface area (Å²) in [6, 6.07) is 0. The predicted molar refractivity (Wildman–Crippen MR) is 82.6 cm³/mol. The number of carbonyl (C=O) groups is 1. The number of aromatic nitrogens is 3. The van der Waals surface area contributed by atoms with Crippen LogP contribution < -0.4 is 10.6 Å². The summed E-state index contributed by atoms with van der Waals surface area (Å²) in [5.74, 6) is 0.0730. The van der Waals surface area contributed by atoms with E-state index in [1.165, 1.54) is 0 Å². The molecule has 0 aliphatic heterocycles. The van der Waals surface area contributed by atoms with Gasteiger partial charge in [-0.2, -0.15) is 0 Å². The quantitative estimate of drug-likeness (QED) is 0.928. The largest absolute Gasteiger partial charge is 0.364 e. The van der Waals surface area contributed by atoms with Crippen LogP contribution in [0.4, 0.5) is 5.95 Å². The van der Waals surface area contributed by atoms with Crippen molar-refractivity contribution in [1.29, 1.82) is 0 Å². The van der Waals surface area contributed by atoms with Gasteiger partial charge in [-0.1, -0.05) is 0 Å². The zero-order chi connectivity index (χ0) is 15.0. The maximum atomic E-state index is 11.8. The Morgan fingerprint density at radius 3 is 2.76 bits per heavy atom. The highest BCUT2D eigenvalue weighted by molar-refractivity contribution is 7.13. The van der Waals surface area contributed by atoms with Crippen LogP contribution in [0.2, 0.25) is 0 Å². The van der Waals surface area contributed by atoms with E-state index in [2.05, 4.69) is 15.0 Å². The van der Waals surface area contributed by atoms with Gasteiger partial charge in [0, 0.05) is 18.7 Å². The summed E-state index contributed by atoms with van der Waals surface area (Å²) in [6.45, 7) is 5.63. The molecule has 2 aromatic rings. The molecule has 21 heavy (non-hydrogen) atoms. The van der Waals surface area contributed by atoms with Crippen molar-refractivity contribution in [2.75, 3.05) is 18.0 Å². The molecule has 2 N–H and O–H groups in total. The maximum Gasteiger partial charge on any atom is 0.267 e.